The molecule has 4 aromatic rings. The molecule has 6 nitrogen and oxygen atoms in total. The van der Waals surface area contributed by atoms with E-state index in [0.717, 1.165) is 49.1 Å². The Bertz CT molecular complexity index is 1590. The number of alkyl halides is 3. The van der Waals surface area contributed by atoms with Crippen LogP contribution in [0, 0.1) is 11.7 Å². The Balaban J connectivity index is 1.27. The molecule has 1 aliphatic carbocycles. The van der Waals surface area contributed by atoms with Gasteiger partial charge in [-0.3, -0.25) is 9.69 Å². The Hall–Kier alpha value is -3.76. The SMILES string of the molecule is CO[C@H]1CCC[C@H](C(=O)N2CCN(Cc3c(-c4ccc(F)cc4)nc4ccc(-c5cccc(C(F)(F)F)c5)cn34)CC2)C1. The number of aromatic nitrogens is 2. The lowest BCUT2D eigenvalue weighted by Gasteiger charge is -2.38. The van der Waals surface area contributed by atoms with Crippen LogP contribution in [0.25, 0.3) is 28.0 Å². The van der Waals surface area contributed by atoms with Gasteiger partial charge in [-0.05, 0) is 78.9 Å². The number of hydrogen-bond acceptors (Lipinski definition) is 4. The van der Waals surface area contributed by atoms with Crippen LogP contribution in [0.15, 0.2) is 66.9 Å². The Morgan fingerprint density at radius 2 is 1.70 bits per heavy atom. The second-order valence-corrected chi connectivity index (χ2v) is 11.5. The average Bonchev–Trinajstić information content (AvgIpc) is 3.38. The number of fused-ring (bicyclic) bond motifs is 1. The Morgan fingerprint density at radius 1 is 0.953 bits per heavy atom. The number of rotatable bonds is 6. The van der Waals surface area contributed by atoms with E-state index >= 15 is 0 Å². The standard InChI is InChI=1S/C33H34F4N4O2/c1-43-28-7-3-5-24(19-28)32(42)40-16-14-39(15-17-40)21-29-31(22-8-11-27(34)12-9-22)38-30-13-10-25(20-41(29)30)23-4-2-6-26(18-23)33(35,36)37/h2,4,6,8-13,18,20,24,28H,3,5,7,14-17,19,21H2,1H3/t24-,28-/m0/s1. The minimum atomic E-state index is -4.44. The molecule has 2 aromatic heterocycles. The molecule has 1 amide bonds. The third kappa shape index (κ3) is 6.31. The van der Waals surface area contributed by atoms with Crippen molar-refractivity contribution in [1.82, 2.24) is 19.2 Å². The van der Waals surface area contributed by atoms with Crippen molar-refractivity contribution in [2.45, 2.75) is 44.5 Å². The van der Waals surface area contributed by atoms with Crippen molar-refractivity contribution in [3.05, 3.63) is 83.9 Å². The van der Waals surface area contributed by atoms with Crippen molar-refractivity contribution in [3.8, 4) is 22.4 Å². The number of amides is 1. The van der Waals surface area contributed by atoms with E-state index in [1.54, 1.807) is 37.4 Å². The first-order chi connectivity index (χ1) is 20.7. The van der Waals surface area contributed by atoms with Gasteiger partial charge >= 0.3 is 6.18 Å². The van der Waals surface area contributed by atoms with Crippen LogP contribution >= 0.6 is 0 Å². The van der Waals surface area contributed by atoms with Crippen molar-refractivity contribution in [2.75, 3.05) is 33.3 Å². The molecule has 43 heavy (non-hydrogen) atoms. The highest BCUT2D eigenvalue weighted by molar-refractivity contribution is 5.79. The zero-order chi connectivity index (χ0) is 30.1. The summed E-state index contributed by atoms with van der Waals surface area (Å²) in [7, 11) is 1.71. The van der Waals surface area contributed by atoms with Crippen molar-refractivity contribution in [3.63, 3.8) is 0 Å². The number of imidazole rings is 1. The zero-order valence-electron chi connectivity index (χ0n) is 24.0. The predicted molar refractivity (Wildman–Crippen MR) is 156 cm³/mol. The van der Waals surface area contributed by atoms with E-state index in [4.69, 9.17) is 9.72 Å². The molecule has 0 radical (unpaired) electrons. The lowest BCUT2D eigenvalue weighted by Crippen LogP contribution is -2.50. The van der Waals surface area contributed by atoms with Gasteiger partial charge in [-0.2, -0.15) is 13.2 Å². The van der Waals surface area contributed by atoms with Gasteiger partial charge in [-0.1, -0.05) is 18.6 Å². The zero-order valence-corrected chi connectivity index (χ0v) is 24.0. The second kappa shape index (κ2) is 12.1. The largest absolute Gasteiger partial charge is 0.416 e. The lowest BCUT2D eigenvalue weighted by molar-refractivity contribution is -0.140. The van der Waals surface area contributed by atoms with Crippen LogP contribution in [0.3, 0.4) is 0 Å². The smallest absolute Gasteiger partial charge is 0.381 e. The second-order valence-electron chi connectivity index (χ2n) is 11.5. The van der Waals surface area contributed by atoms with Gasteiger partial charge in [0.15, 0.2) is 0 Å². The molecule has 1 aliphatic heterocycles. The number of ether oxygens (including phenoxy) is 1. The fourth-order valence-electron chi connectivity index (χ4n) is 6.31. The molecule has 2 atom stereocenters. The summed E-state index contributed by atoms with van der Waals surface area (Å²) in [6, 6.07) is 15.0. The van der Waals surface area contributed by atoms with Gasteiger partial charge < -0.3 is 14.0 Å². The maximum Gasteiger partial charge on any atom is 0.416 e. The predicted octanol–water partition coefficient (Wildman–Crippen LogP) is 6.68. The van der Waals surface area contributed by atoms with Crippen LogP contribution in [0.5, 0.6) is 0 Å². The summed E-state index contributed by atoms with van der Waals surface area (Å²) in [6.07, 6.45) is 1.18. The molecule has 2 aromatic carbocycles. The van der Waals surface area contributed by atoms with Gasteiger partial charge in [0, 0.05) is 57.5 Å². The molecular formula is C33H34F4N4O2. The van der Waals surface area contributed by atoms with Crippen LogP contribution in [-0.4, -0.2) is 64.5 Å². The van der Waals surface area contributed by atoms with E-state index in [0.29, 0.717) is 55.2 Å². The van der Waals surface area contributed by atoms with Crippen molar-refractivity contribution >= 4 is 11.6 Å². The molecule has 0 unspecified atom stereocenters. The maximum atomic E-state index is 13.8. The molecule has 3 heterocycles. The summed E-state index contributed by atoms with van der Waals surface area (Å²) in [6.45, 7) is 3.10. The molecule has 0 bridgehead atoms. The van der Waals surface area contributed by atoms with Crippen LogP contribution in [0.4, 0.5) is 17.6 Å². The van der Waals surface area contributed by atoms with Crippen LogP contribution in [-0.2, 0) is 22.3 Å². The molecule has 226 valence electrons. The Morgan fingerprint density at radius 3 is 2.42 bits per heavy atom. The number of hydrogen-bond donors (Lipinski definition) is 0. The average molecular weight is 595 g/mol. The Kier molecular flexibility index (Phi) is 8.24. The quantitative estimate of drug-likeness (QED) is 0.234. The van der Waals surface area contributed by atoms with E-state index in [-0.39, 0.29) is 23.7 Å². The van der Waals surface area contributed by atoms with Gasteiger partial charge in [0.05, 0.1) is 23.1 Å². The molecule has 6 rings (SSSR count). The maximum absolute atomic E-state index is 13.8. The molecule has 1 saturated carbocycles. The van der Waals surface area contributed by atoms with Crippen molar-refractivity contribution in [2.24, 2.45) is 5.92 Å². The van der Waals surface area contributed by atoms with E-state index in [1.165, 1.54) is 18.2 Å². The molecule has 10 heteroatoms. The Labute approximate surface area is 247 Å². The first-order valence-electron chi connectivity index (χ1n) is 14.7. The number of pyridine rings is 1. The number of carbonyl (C=O) groups is 1. The monoisotopic (exact) mass is 594 g/mol. The number of carbonyl (C=O) groups excluding carboxylic acids is 1. The van der Waals surface area contributed by atoms with Gasteiger partial charge in [-0.15, -0.1) is 0 Å². The number of halogens is 4. The van der Waals surface area contributed by atoms with Gasteiger partial charge in [-0.25, -0.2) is 9.37 Å². The summed E-state index contributed by atoms with van der Waals surface area (Å²) in [5.74, 6) is -0.145. The van der Waals surface area contributed by atoms with Gasteiger partial charge in [0.1, 0.15) is 11.5 Å². The fraction of sp³-hybridized carbons (Fsp3) is 0.394. The molecule has 0 N–H and O–H groups in total. The summed E-state index contributed by atoms with van der Waals surface area (Å²) in [4.78, 5) is 22.3. The molecular weight excluding hydrogens is 560 g/mol. The molecule has 0 spiro atoms. The summed E-state index contributed by atoms with van der Waals surface area (Å²) in [5.41, 5.74) is 3.30. The van der Waals surface area contributed by atoms with Gasteiger partial charge in [0.25, 0.3) is 0 Å². The highest BCUT2D eigenvalue weighted by Crippen LogP contribution is 2.34. The van der Waals surface area contributed by atoms with Gasteiger partial charge in [0.2, 0.25) is 5.91 Å². The number of piperazine rings is 1. The van der Waals surface area contributed by atoms with E-state index in [9.17, 15) is 22.4 Å². The number of methoxy groups -OCH3 is 1. The first-order valence-corrected chi connectivity index (χ1v) is 14.7. The van der Waals surface area contributed by atoms with Crippen molar-refractivity contribution < 1.29 is 27.1 Å². The van der Waals surface area contributed by atoms with Crippen LogP contribution in [0.1, 0.15) is 36.9 Å². The van der Waals surface area contributed by atoms with E-state index in [2.05, 4.69) is 4.90 Å². The first kappa shape index (κ1) is 29.3. The number of nitrogens with zero attached hydrogens (tertiary/aromatic N) is 4. The van der Waals surface area contributed by atoms with Crippen molar-refractivity contribution in [1.29, 1.82) is 0 Å². The van der Waals surface area contributed by atoms with E-state index in [1.807, 2.05) is 15.5 Å². The normalized spacial score (nSPS) is 20.1. The molecule has 1 saturated heterocycles. The third-order valence-electron chi connectivity index (χ3n) is 8.72. The summed E-state index contributed by atoms with van der Waals surface area (Å²) < 4.78 is 61.5. The van der Waals surface area contributed by atoms with Crippen LogP contribution in [0.2, 0.25) is 0 Å². The van der Waals surface area contributed by atoms with Crippen LogP contribution < -0.4 is 0 Å². The topological polar surface area (TPSA) is 50.1 Å². The summed E-state index contributed by atoms with van der Waals surface area (Å²) in [5, 5.41) is 0. The lowest BCUT2D eigenvalue weighted by atomic mass is 9.86. The number of benzene rings is 2. The van der Waals surface area contributed by atoms with E-state index < -0.39 is 11.7 Å². The highest BCUT2D eigenvalue weighted by atomic mass is 19.4. The minimum Gasteiger partial charge on any atom is -0.381 e. The molecule has 2 aliphatic rings. The minimum absolute atomic E-state index is 0.00312. The molecule has 2 fully saturated rings. The highest BCUT2D eigenvalue weighted by Gasteiger charge is 2.33. The third-order valence-corrected chi connectivity index (χ3v) is 8.72. The fourth-order valence-corrected chi connectivity index (χ4v) is 6.31. The summed E-state index contributed by atoms with van der Waals surface area (Å²) >= 11 is 0.